The summed E-state index contributed by atoms with van der Waals surface area (Å²) < 4.78 is 0. The summed E-state index contributed by atoms with van der Waals surface area (Å²) in [5, 5.41) is 11.1. The summed E-state index contributed by atoms with van der Waals surface area (Å²) in [5.74, 6) is -1.30. The molecule has 108 valence electrons. The fourth-order valence-corrected chi connectivity index (χ4v) is 1.86. The standard InChI is InChI=1S/C14H18N2O4/c1-5-12(17)13(18)15(14(2,3)4)10-8-6-7-9-11(10)16(19)20/h6-9H,5H2,1-4H3. The van der Waals surface area contributed by atoms with Crippen LogP contribution in [0, 0.1) is 10.1 Å². The maximum Gasteiger partial charge on any atom is 0.295 e. The largest absolute Gasteiger partial charge is 0.295 e. The van der Waals surface area contributed by atoms with E-state index in [2.05, 4.69) is 0 Å². The maximum absolute atomic E-state index is 12.2. The third kappa shape index (κ3) is 3.20. The number of nitro groups is 1. The molecule has 1 rings (SSSR count). The number of carbonyl (C=O) groups excluding carboxylic acids is 2. The molecule has 0 aliphatic carbocycles. The molecular formula is C14H18N2O4. The van der Waals surface area contributed by atoms with Gasteiger partial charge in [-0.3, -0.25) is 24.6 Å². The summed E-state index contributed by atoms with van der Waals surface area (Å²) in [6.07, 6.45) is 0.0616. The number of hydrogen-bond acceptors (Lipinski definition) is 4. The van der Waals surface area contributed by atoms with Crippen LogP contribution < -0.4 is 4.90 Å². The molecule has 6 nitrogen and oxygen atoms in total. The average molecular weight is 278 g/mol. The Balaban J connectivity index is 3.44. The smallest absolute Gasteiger partial charge is 0.294 e. The van der Waals surface area contributed by atoms with Crippen LogP contribution in [0.2, 0.25) is 0 Å². The minimum absolute atomic E-state index is 0.0616. The SMILES string of the molecule is CCC(=O)C(=O)N(c1ccccc1[N+](=O)[O-])C(C)(C)C. The number of hydrogen-bond donors (Lipinski definition) is 0. The molecular weight excluding hydrogens is 260 g/mol. The summed E-state index contributed by atoms with van der Waals surface area (Å²) in [6.45, 7) is 6.76. The van der Waals surface area contributed by atoms with Gasteiger partial charge in [-0.1, -0.05) is 19.1 Å². The summed E-state index contributed by atoms with van der Waals surface area (Å²) in [4.78, 5) is 35.7. The zero-order valence-electron chi connectivity index (χ0n) is 12.0. The van der Waals surface area contributed by atoms with E-state index in [-0.39, 0.29) is 17.8 Å². The molecule has 0 atom stereocenters. The van der Waals surface area contributed by atoms with Crippen molar-refractivity contribution in [2.24, 2.45) is 0 Å². The van der Waals surface area contributed by atoms with Crippen LogP contribution in [-0.2, 0) is 9.59 Å². The van der Waals surface area contributed by atoms with E-state index in [1.54, 1.807) is 33.8 Å². The highest BCUT2D eigenvalue weighted by atomic mass is 16.6. The Kier molecular flexibility index (Phi) is 4.60. The van der Waals surface area contributed by atoms with Crippen molar-refractivity contribution in [2.45, 2.75) is 39.7 Å². The molecule has 0 spiro atoms. The van der Waals surface area contributed by atoms with Crippen molar-refractivity contribution in [3.8, 4) is 0 Å². The van der Waals surface area contributed by atoms with Gasteiger partial charge in [-0.15, -0.1) is 0 Å². The van der Waals surface area contributed by atoms with Crippen molar-refractivity contribution < 1.29 is 14.5 Å². The summed E-state index contributed by atoms with van der Waals surface area (Å²) >= 11 is 0. The zero-order chi connectivity index (χ0) is 15.5. The van der Waals surface area contributed by atoms with Crippen molar-refractivity contribution in [2.75, 3.05) is 4.90 Å². The Hall–Kier alpha value is -2.24. The number of ketones is 1. The molecule has 0 heterocycles. The van der Waals surface area contributed by atoms with Gasteiger partial charge in [0.05, 0.1) is 4.92 Å². The van der Waals surface area contributed by atoms with Gasteiger partial charge < -0.3 is 0 Å². The molecule has 1 amide bonds. The first-order valence-electron chi connectivity index (χ1n) is 6.31. The third-order valence-electron chi connectivity index (χ3n) is 2.75. The molecule has 1 aromatic rings. The van der Waals surface area contributed by atoms with E-state index in [9.17, 15) is 19.7 Å². The minimum Gasteiger partial charge on any atom is -0.294 e. The van der Waals surface area contributed by atoms with Crippen LogP contribution in [0.15, 0.2) is 24.3 Å². The monoisotopic (exact) mass is 278 g/mol. The predicted molar refractivity (Wildman–Crippen MR) is 75.6 cm³/mol. The summed E-state index contributed by atoms with van der Waals surface area (Å²) in [7, 11) is 0. The van der Waals surface area contributed by atoms with E-state index in [1.165, 1.54) is 23.1 Å². The second kappa shape index (κ2) is 5.81. The van der Waals surface area contributed by atoms with Crippen LogP contribution in [0.5, 0.6) is 0 Å². The van der Waals surface area contributed by atoms with Crippen LogP contribution in [0.1, 0.15) is 34.1 Å². The zero-order valence-corrected chi connectivity index (χ0v) is 12.0. The quantitative estimate of drug-likeness (QED) is 0.482. The third-order valence-corrected chi connectivity index (χ3v) is 2.75. The Morgan fingerprint density at radius 3 is 2.25 bits per heavy atom. The molecule has 0 fully saturated rings. The lowest BCUT2D eigenvalue weighted by Crippen LogP contribution is -2.49. The lowest BCUT2D eigenvalue weighted by Gasteiger charge is -2.34. The number of nitro benzene ring substituents is 1. The fraction of sp³-hybridized carbons (Fsp3) is 0.429. The Bertz CT molecular complexity index is 546. The van der Waals surface area contributed by atoms with E-state index in [1.807, 2.05) is 0 Å². The topological polar surface area (TPSA) is 80.5 Å². The van der Waals surface area contributed by atoms with Crippen LogP contribution in [0.4, 0.5) is 11.4 Å². The average Bonchev–Trinajstić information content (AvgIpc) is 2.36. The summed E-state index contributed by atoms with van der Waals surface area (Å²) in [6, 6.07) is 5.92. The van der Waals surface area contributed by atoms with E-state index < -0.39 is 22.2 Å². The van der Waals surface area contributed by atoms with Crippen molar-refractivity contribution in [1.29, 1.82) is 0 Å². The minimum atomic E-state index is -0.742. The lowest BCUT2D eigenvalue weighted by molar-refractivity contribution is -0.384. The van der Waals surface area contributed by atoms with Gasteiger partial charge >= 0.3 is 0 Å². The van der Waals surface area contributed by atoms with Gasteiger partial charge in [0, 0.05) is 18.0 Å². The second-order valence-electron chi connectivity index (χ2n) is 5.33. The molecule has 0 bridgehead atoms. The molecule has 0 saturated carbocycles. The number of Topliss-reactive ketones (excluding diaryl/α,β-unsaturated/α-hetero) is 1. The Labute approximate surface area is 117 Å². The van der Waals surface area contributed by atoms with Gasteiger partial charge in [0.25, 0.3) is 11.6 Å². The number of anilines is 1. The number of benzene rings is 1. The van der Waals surface area contributed by atoms with Crippen LogP contribution in [-0.4, -0.2) is 22.2 Å². The van der Waals surface area contributed by atoms with Gasteiger partial charge in [-0.05, 0) is 26.8 Å². The first-order chi connectivity index (χ1) is 9.20. The predicted octanol–water partition coefficient (Wildman–Crippen LogP) is 2.71. The van der Waals surface area contributed by atoms with Crippen molar-refractivity contribution in [3.05, 3.63) is 34.4 Å². The van der Waals surface area contributed by atoms with E-state index in [0.29, 0.717) is 0 Å². The molecule has 0 unspecified atom stereocenters. The fourth-order valence-electron chi connectivity index (χ4n) is 1.86. The molecule has 0 aromatic heterocycles. The van der Waals surface area contributed by atoms with Crippen molar-refractivity contribution in [3.63, 3.8) is 0 Å². The molecule has 0 radical (unpaired) electrons. The first-order valence-corrected chi connectivity index (χ1v) is 6.31. The number of amides is 1. The Morgan fingerprint density at radius 2 is 1.80 bits per heavy atom. The molecule has 0 N–H and O–H groups in total. The van der Waals surface area contributed by atoms with Gasteiger partial charge in [0.2, 0.25) is 5.78 Å². The molecule has 0 aliphatic rings. The molecule has 0 aliphatic heterocycles. The molecule has 6 heteroatoms. The summed E-state index contributed by atoms with van der Waals surface area (Å²) in [5.41, 5.74) is -0.801. The molecule has 0 saturated heterocycles. The van der Waals surface area contributed by atoms with Gasteiger partial charge in [-0.25, -0.2) is 0 Å². The van der Waals surface area contributed by atoms with E-state index in [0.717, 1.165) is 0 Å². The molecule has 1 aromatic carbocycles. The van der Waals surface area contributed by atoms with Gasteiger partial charge in [0.1, 0.15) is 5.69 Å². The number of para-hydroxylation sites is 2. The van der Waals surface area contributed by atoms with Gasteiger partial charge in [-0.2, -0.15) is 0 Å². The van der Waals surface area contributed by atoms with E-state index in [4.69, 9.17) is 0 Å². The maximum atomic E-state index is 12.2. The Morgan fingerprint density at radius 1 is 1.25 bits per heavy atom. The highest BCUT2D eigenvalue weighted by molar-refractivity contribution is 6.41. The second-order valence-corrected chi connectivity index (χ2v) is 5.33. The number of nitrogens with zero attached hydrogens (tertiary/aromatic N) is 2. The number of rotatable bonds is 4. The van der Waals surface area contributed by atoms with Crippen molar-refractivity contribution >= 4 is 23.1 Å². The normalized spacial score (nSPS) is 11.0. The first kappa shape index (κ1) is 15.8. The highest BCUT2D eigenvalue weighted by Crippen LogP contribution is 2.32. The lowest BCUT2D eigenvalue weighted by atomic mass is 10.0. The highest BCUT2D eigenvalue weighted by Gasteiger charge is 2.35. The van der Waals surface area contributed by atoms with Gasteiger partial charge in [0.15, 0.2) is 0 Å². The van der Waals surface area contributed by atoms with E-state index >= 15 is 0 Å². The van der Waals surface area contributed by atoms with Crippen molar-refractivity contribution in [1.82, 2.24) is 0 Å². The molecule has 20 heavy (non-hydrogen) atoms. The van der Waals surface area contributed by atoms with Crippen LogP contribution in [0.3, 0.4) is 0 Å². The number of carbonyl (C=O) groups is 2. The van der Waals surface area contributed by atoms with Crippen LogP contribution in [0.25, 0.3) is 0 Å². The van der Waals surface area contributed by atoms with Crippen LogP contribution >= 0.6 is 0 Å².